The molecular formula is C43H65NO8. The Morgan fingerprint density at radius 2 is 1.33 bits per heavy atom. The summed E-state index contributed by atoms with van der Waals surface area (Å²) in [6.07, 6.45) is 17.4. The number of unbranched alkanes of at least 4 members (excludes halogenated alkanes) is 14. The van der Waals surface area contributed by atoms with Crippen molar-refractivity contribution >= 4 is 18.0 Å². The van der Waals surface area contributed by atoms with Crippen molar-refractivity contribution in [3.8, 4) is 0 Å². The van der Waals surface area contributed by atoms with Gasteiger partial charge in [0.25, 0.3) is 0 Å². The topological polar surface area (TPSA) is 126 Å². The fourth-order valence-corrected chi connectivity index (χ4v) is 6.59. The lowest BCUT2D eigenvalue weighted by atomic mass is 9.98. The molecule has 1 heterocycles. The minimum atomic E-state index is -1.45. The SMILES string of the molecule is CCCCCCCCCCCCCCCCCC(=O)N(CCC=Cc1ccc(C(=O)OCc2ccccc2)cc1)C[C@H]1O[C@H](OC)[C@H](O)[C@@H](O)[C@@H]1O. The maximum atomic E-state index is 13.4. The molecule has 1 saturated heterocycles. The van der Waals surface area contributed by atoms with Gasteiger partial charge in [0, 0.05) is 26.6 Å². The number of carbonyl (C=O) groups excluding carboxylic acids is 2. The molecule has 0 bridgehead atoms. The molecule has 1 aliphatic heterocycles. The van der Waals surface area contributed by atoms with Crippen LogP contribution in [-0.4, -0.2) is 83.0 Å². The van der Waals surface area contributed by atoms with Gasteiger partial charge in [0.15, 0.2) is 6.29 Å². The first-order valence-electron chi connectivity index (χ1n) is 19.8. The predicted octanol–water partition coefficient (Wildman–Crippen LogP) is 7.99. The Kier molecular flexibility index (Phi) is 21.5. The van der Waals surface area contributed by atoms with Crippen molar-refractivity contribution in [2.45, 2.75) is 153 Å². The van der Waals surface area contributed by atoms with Crippen LogP contribution in [0.2, 0.25) is 0 Å². The lowest BCUT2D eigenvalue weighted by molar-refractivity contribution is -0.291. The Labute approximate surface area is 312 Å². The fraction of sp³-hybridized carbons (Fsp3) is 0.628. The summed E-state index contributed by atoms with van der Waals surface area (Å²) in [6, 6.07) is 16.7. The van der Waals surface area contributed by atoms with Gasteiger partial charge in [-0.15, -0.1) is 0 Å². The van der Waals surface area contributed by atoms with E-state index in [1.54, 1.807) is 17.0 Å². The first-order valence-corrected chi connectivity index (χ1v) is 19.8. The Bertz CT molecular complexity index is 1270. The Morgan fingerprint density at radius 3 is 1.90 bits per heavy atom. The minimum Gasteiger partial charge on any atom is -0.457 e. The smallest absolute Gasteiger partial charge is 0.338 e. The number of amides is 1. The molecule has 9 nitrogen and oxygen atoms in total. The van der Waals surface area contributed by atoms with Crippen molar-refractivity contribution in [3.05, 3.63) is 77.4 Å². The molecule has 290 valence electrons. The number of hydrogen-bond acceptors (Lipinski definition) is 8. The Balaban J connectivity index is 1.42. The normalized spacial score (nSPS) is 20.3. The first-order chi connectivity index (χ1) is 25.3. The van der Waals surface area contributed by atoms with E-state index in [1.807, 2.05) is 54.6 Å². The van der Waals surface area contributed by atoms with Crippen molar-refractivity contribution in [2.75, 3.05) is 20.2 Å². The molecule has 0 spiro atoms. The third-order valence-electron chi connectivity index (χ3n) is 9.88. The zero-order chi connectivity index (χ0) is 37.4. The van der Waals surface area contributed by atoms with E-state index in [4.69, 9.17) is 14.2 Å². The van der Waals surface area contributed by atoms with Crippen LogP contribution in [0.1, 0.15) is 138 Å². The average Bonchev–Trinajstić information content (AvgIpc) is 3.17. The molecule has 0 aliphatic carbocycles. The molecule has 0 saturated carbocycles. The van der Waals surface area contributed by atoms with Gasteiger partial charge in [-0.3, -0.25) is 4.79 Å². The van der Waals surface area contributed by atoms with E-state index in [0.29, 0.717) is 24.9 Å². The summed E-state index contributed by atoms with van der Waals surface area (Å²) in [7, 11) is 1.36. The molecule has 0 radical (unpaired) electrons. The molecule has 3 rings (SSSR count). The summed E-state index contributed by atoms with van der Waals surface area (Å²) in [5, 5.41) is 31.3. The van der Waals surface area contributed by atoms with Crippen LogP contribution in [0, 0.1) is 0 Å². The molecule has 3 N–H and O–H groups in total. The highest BCUT2D eigenvalue weighted by atomic mass is 16.7. The third kappa shape index (κ3) is 16.3. The summed E-state index contributed by atoms with van der Waals surface area (Å²) in [5.74, 6) is -0.421. The van der Waals surface area contributed by atoms with Crippen molar-refractivity contribution in [1.82, 2.24) is 4.90 Å². The summed E-state index contributed by atoms with van der Waals surface area (Å²) in [6.45, 7) is 2.93. The van der Waals surface area contributed by atoms with E-state index < -0.39 is 30.7 Å². The van der Waals surface area contributed by atoms with Crippen LogP contribution in [0.25, 0.3) is 6.08 Å². The van der Waals surface area contributed by atoms with Gasteiger partial charge in [0.1, 0.15) is 31.0 Å². The maximum absolute atomic E-state index is 13.4. The molecule has 9 heteroatoms. The highest BCUT2D eigenvalue weighted by molar-refractivity contribution is 5.89. The van der Waals surface area contributed by atoms with Gasteiger partial charge < -0.3 is 34.4 Å². The number of rotatable bonds is 26. The summed E-state index contributed by atoms with van der Waals surface area (Å²) >= 11 is 0. The van der Waals surface area contributed by atoms with Crippen LogP contribution < -0.4 is 0 Å². The number of hydrogen-bond donors (Lipinski definition) is 3. The quantitative estimate of drug-likeness (QED) is 0.0659. The Morgan fingerprint density at radius 1 is 0.750 bits per heavy atom. The number of nitrogens with zero attached hydrogens (tertiary/aromatic N) is 1. The number of ether oxygens (including phenoxy) is 3. The molecular weight excluding hydrogens is 658 g/mol. The predicted molar refractivity (Wildman–Crippen MR) is 205 cm³/mol. The van der Waals surface area contributed by atoms with E-state index in [-0.39, 0.29) is 25.0 Å². The highest BCUT2D eigenvalue weighted by Gasteiger charge is 2.44. The third-order valence-corrected chi connectivity index (χ3v) is 9.88. The number of methoxy groups -OCH3 is 1. The van der Waals surface area contributed by atoms with Crippen LogP contribution in [0.4, 0.5) is 0 Å². The van der Waals surface area contributed by atoms with Crippen molar-refractivity contribution in [1.29, 1.82) is 0 Å². The van der Waals surface area contributed by atoms with Crippen LogP contribution >= 0.6 is 0 Å². The zero-order valence-electron chi connectivity index (χ0n) is 31.7. The standard InChI is InChI=1S/C43H65NO8/c1-3-4-5-6-7-8-9-10-11-12-13-14-15-16-20-26-38(45)44(32-37-39(46)40(47)41(48)43(50-2)52-37)31-22-21-23-34-27-29-36(30-28-34)42(49)51-33-35-24-18-17-19-25-35/h17-19,21,23-25,27-30,37,39-41,43,46-48H,3-16,20,22,26,31-33H2,1-2H3/t37-,39-,40+,41-,43+/m1/s1. The second-order valence-corrected chi connectivity index (χ2v) is 14.2. The number of esters is 1. The Hall–Kier alpha value is -3.08. The van der Waals surface area contributed by atoms with Gasteiger partial charge in [0.2, 0.25) is 5.91 Å². The summed E-state index contributed by atoms with van der Waals surface area (Å²) < 4.78 is 16.4. The lowest BCUT2D eigenvalue weighted by Gasteiger charge is -2.41. The van der Waals surface area contributed by atoms with E-state index in [1.165, 1.54) is 84.2 Å². The van der Waals surface area contributed by atoms with E-state index in [9.17, 15) is 24.9 Å². The number of benzene rings is 2. The van der Waals surface area contributed by atoms with Gasteiger partial charge in [-0.1, -0.05) is 151 Å². The van der Waals surface area contributed by atoms with E-state index in [0.717, 1.165) is 30.4 Å². The van der Waals surface area contributed by atoms with Gasteiger partial charge >= 0.3 is 5.97 Å². The van der Waals surface area contributed by atoms with Crippen molar-refractivity contribution < 1.29 is 39.1 Å². The summed E-state index contributed by atoms with van der Waals surface area (Å²) in [5.41, 5.74) is 2.30. The van der Waals surface area contributed by atoms with Crippen LogP contribution in [0.15, 0.2) is 60.7 Å². The molecule has 1 fully saturated rings. The largest absolute Gasteiger partial charge is 0.457 e. The minimum absolute atomic E-state index is 0.0353. The summed E-state index contributed by atoms with van der Waals surface area (Å²) in [4.78, 5) is 27.6. The monoisotopic (exact) mass is 723 g/mol. The number of aliphatic hydroxyl groups excluding tert-OH is 3. The molecule has 2 aromatic carbocycles. The van der Waals surface area contributed by atoms with Gasteiger partial charge in [-0.25, -0.2) is 4.79 Å². The molecule has 0 unspecified atom stereocenters. The van der Waals surface area contributed by atoms with E-state index >= 15 is 0 Å². The molecule has 1 amide bonds. The van der Waals surface area contributed by atoms with Crippen LogP contribution in [-0.2, 0) is 25.6 Å². The zero-order valence-corrected chi connectivity index (χ0v) is 31.7. The number of carbonyl (C=O) groups is 2. The molecule has 1 aliphatic rings. The maximum Gasteiger partial charge on any atom is 0.338 e. The fourth-order valence-electron chi connectivity index (χ4n) is 6.59. The van der Waals surface area contributed by atoms with Crippen molar-refractivity contribution in [2.24, 2.45) is 0 Å². The highest BCUT2D eigenvalue weighted by Crippen LogP contribution is 2.23. The second kappa shape index (κ2) is 25.8. The van der Waals surface area contributed by atoms with Crippen LogP contribution in [0.3, 0.4) is 0 Å². The molecule has 52 heavy (non-hydrogen) atoms. The van der Waals surface area contributed by atoms with Gasteiger partial charge in [0.05, 0.1) is 5.56 Å². The molecule has 0 aromatic heterocycles. The number of aliphatic hydroxyl groups is 3. The van der Waals surface area contributed by atoms with E-state index in [2.05, 4.69) is 6.92 Å². The van der Waals surface area contributed by atoms with Gasteiger partial charge in [-0.2, -0.15) is 0 Å². The van der Waals surface area contributed by atoms with Crippen LogP contribution in [0.5, 0.6) is 0 Å². The van der Waals surface area contributed by atoms with Gasteiger partial charge in [-0.05, 0) is 36.1 Å². The molecule has 5 atom stereocenters. The lowest BCUT2D eigenvalue weighted by Crippen LogP contribution is -2.60. The van der Waals surface area contributed by atoms with Crippen molar-refractivity contribution in [3.63, 3.8) is 0 Å². The molecule has 2 aromatic rings. The first kappa shape index (κ1) is 43.3. The second-order valence-electron chi connectivity index (χ2n) is 14.2. The average molecular weight is 724 g/mol.